The molecule has 0 spiro atoms. The Morgan fingerprint density at radius 2 is 2.00 bits per heavy atom. The largest absolute Gasteiger partial charge is 0.370 e. The third-order valence-corrected chi connectivity index (χ3v) is 4.76. The SMILES string of the molecule is CCCCNc1nc2cc(C(=O)C(C)CC)ccc2c2cnccc12. The first kappa shape index (κ1) is 17.3. The van der Waals surface area contributed by atoms with E-state index in [1.807, 2.05) is 44.3 Å². The maximum absolute atomic E-state index is 12.5. The van der Waals surface area contributed by atoms with Crippen LogP contribution in [-0.4, -0.2) is 22.3 Å². The van der Waals surface area contributed by atoms with Gasteiger partial charge in [-0.05, 0) is 25.0 Å². The van der Waals surface area contributed by atoms with Crippen molar-refractivity contribution in [3.63, 3.8) is 0 Å². The lowest BCUT2D eigenvalue weighted by molar-refractivity contribution is 0.0927. The van der Waals surface area contributed by atoms with Crippen LogP contribution >= 0.6 is 0 Å². The van der Waals surface area contributed by atoms with Crippen molar-refractivity contribution in [2.24, 2.45) is 5.92 Å². The summed E-state index contributed by atoms with van der Waals surface area (Å²) in [6.45, 7) is 7.07. The van der Waals surface area contributed by atoms with Crippen LogP contribution in [0.4, 0.5) is 5.82 Å². The van der Waals surface area contributed by atoms with Crippen LogP contribution in [0.2, 0.25) is 0 Å². The van der Waals surface area contributed by atoms with Gasteiger partial charge in [-0.2, -0.15) is 0 Å². The van der Waals surface area contributed by atoms with Crippen molar-refractivity contribution in [3.05, 3.63) is 42.2 Å². The number of nitrogens with zero attached hydrogens (tertiary/aromatic N) is 2. The fraction of sp³-hybridized carbons (Fsp3) is 0.381. The van der Waals surface area contributed by atoms with Gasteiger partial charge < -0.3 is 5.32 Å². The third kappa shape index (κ3) is 3.48. The van der Waals surface area contributed by atoms with Crippen molar-refractivity contribution in [2.75, 3.05) is 11.9 Å². The second-order valence-corrected chi connectivity index (χ2v) is 6.57. The molecule has 4 heteroatoms. The summed E-state index contributed by atoms with van der Waals surface area (Å²) in [5, 5.41) is 6.60. The number of ketones is 1. The van der Waals surface area contributed by atoms with E-state index in [0.29, 0.717) is 0 Å². The minimum absolute atomic E-state index is 0.0294. The summed E-state index contributed by atoms with van der Waals surface area (Å²) >= 11 is 0. The highest BCUT2D eigenvalue weighted by Crippen LogP contribution is 2.29. The van der Waals surface area contributed by atoms with Gasteiger partial charge in [0, 0.05) is 46.6 Å². The first-order chi connectivity index (χ1) is 12.2. The van der Waals surface area contributed by atoms with Crippen LogP contribution in [0.5, 0.6) is 0 Å². The van der Waals surface area contributed by atoms with Gasteiger partial charge in [0.2, 0.25) is 0 Å². The molecule has 4 nitrogen and oxygen atoms in total. The minimum Gasteiger partial charge on any atom is -0.370 e. The molecular formula is C21H25N3O. The molecule has 0 saturated carbocycles. The maximum atomic E-state index is 12.5. The summed E-state index contributed by atoms with van der Waals surface area (Å²) in [5.41, 5.74) is 1.57. The molecular weight excluding hydrogens is 310 g/mol. The molecule has 0 aliphatic carbocycles. The predicted octanol–water partition coefficient (Wildman–Crippen LogP) is 5.22. The van der Waals surface area contributed by atoms with Gasteiger partial charge in [0.15, 0.2) is 5.78 Å². The van der Waals surface area contributed by atoms with E-state index in [9.17, 15) is 4.79 Å². The fourth-order valence-electron chi connectivity index (χ4n) is 2.99. The molecule has 0 fully saturated rings. The van der Waals surface area contributed by atoms with E-state index >= 15 is 0 Å². The zero-order chi connectivity index (χ0) is 17.8. The second-order valence-electron chi connectivity index (χ2n) is 6.57. The van der Waals surface area contributed by atoms with E-state index in [2.05, 4.69) is 17.2 Å². The van der Waals surface area contributed by atoms with Crippen LogP contribution in [-0.2, 0) is 0 Å². The van der Waals surface area contributed by atoms with Gasteiger partial charge >= 0.3 is 0 Å². The van der Waals surface area contributed by atoms with E-state index in [1.54, 1.807) is 6.20 Å². The number of carbonyl (C=O) groups is 1. The standard InChI is InChI=1S/C21H25N3O/c1-4-6-10-23-21-17-9-11-22-13-18(17)16-8-7-15(12-19(16)24-21)20(25)14(3)5-2/h7-9,11-14H,4-6,10H2,1-3H3,(H,23,24). The van der Waals surface area contributed by atoms with Crippen LogP contribution in [0, 0.1) is 5.92 Å². The summed E-state index contributed by atoms with van der Waals surface area (Å²) in [7, 11) is 0. The summed E-state index contributed by atoms with van der Waals surface area (Å²) < 4.78 is 0. The van der Waals surface area contributed by atoms with Crippen molar-refractivity contribution < 1.29 is 4.79 Å². The molecule has 3 rings (SSSR count). The molecule has 3 aromatic rings. The Bertz CT molecular complexity index is 904. The highest BCUT2D eigenvalue weighted by Gasteiger charge is 2.15. The van der Waals surface area contributed by atoms with E-state index < -0.39 is 0 Å². The number of benzene rings is 1. The predicted molar refractivity (Wildman–Crippen MR) is 104 cm³/mol. The number of pyridine rings is 2. The Kier molecular flexibility index (Phi) is 5.27. The Morgan fingerprint density at radius 1 is 1.16 bits per heavy atom. The fourth-order valence-corrected chi connectivity index (χ4v) is 2.99. The van der Waals surface area contributed by atoms with Gasteiger partial charge in [0.05, 0.1) is 5.52 Å². The molecule has 2 aromatic heterocycles. The number of hydrogen-bond donors (Lipinski definition) is 1. The quantitative estimate of drug-likeness (QED) is 0.365. The zero-order valence-corrected chi connectivity index (χ0v) is 15.2. The van der Waals surface area contributed by atoms with Crippen molar-refractivity contribution in [1.29, 1.82) is 0 Å². The molecule has 0 saturated heterocycles. The van der Waals surface area contributed by atoms with Crippen molar-refractivity contribution in [1.82, 2.24) is 9.97 Å². The number of nitrogens with one attached hydrogen (secondary N) is 1. The van der Waals surface area contributed by atoms with E-state index in [-0.39, 0.29) is 11.7 Å². The molecule has 130 valence electrons. The van der Waals surface area contributed by atoms with Gasteiger partial charge in [-0.1, -0.05) is 39.3 Å². The lowest BCUT2D eigenvalue weighted by Crippen LogP contribution is -2.10. The normalized spacial score (nSPS) is 12.4. The average Bonchev–Trinajstić information content (AvgIpc) is 2.66. The van der Waals surface area contributed by atoms with Gasteiger partial charge in [0.1, 0.15) is 5.82 Å². The molecule has 0 amide bonds. The Morgan fingerprint density at radius 3 is 2.76 bits per heavy atom. The summed E-state index contributed by atoms with van der Waals surface area (Å²) in [5.74, 6) is 1.08. The zero-order valence-electron chi connectivity index (χ0n) is 15.2. The molecule has 0 bridgehead atoms. The van der Waals surface area contributed by atoms with Gasteiger partial charge in [-0.15, -0.1) is 0 Å². The number of Topliss-reactive ketones (excluding diaryl/α,β-unsaturated/α-hetero) is 1. The van der Waals surface area contributed by atoms with Gasteiger partial charge in [0.25, 0.3) is 0 Å². The number of hydrogen-bond acceptors (Lipinski definition) is 4. The number of rotatable bonds is 7. The Hall–Kier alpha value is -2.49. The number of carbonyl (C=O) groups excluding carboxylic acids is 1. The maximum Gasteiger partial charge on any atom is 0.165 e. The monoisotopic (exact) mass is 335 g/mol. The van der Waals surface area contributed by atoms with E-state index in [1.165, 1.54) is 0 Å². The van der Waals surface area contributed by atoms with E-state index in [4.69, 9.17) is 4.98 Å². The smallest absolute Gasteiger partial charge is 0.165 e. The van der Waals surface area contributed by atoms with Crippen molar-refractivity contribution in [2.45, 2.75) is 40.0 Å². The molecule has 1 unspecified atom stereocenters. The van der Waals surface area contributed by atoms with Crippen LogP contribution in [0.15, 0.2) is 36.7 Å². The van der Waals surface area contributed by atoms with Crippen LogP contribution < -0.4 is 5.32 Å². The molecule has 0 radical (unpaired) electrons. The Balaban J connectivity index is 2.12. The molecule has 25 heavy (non-hydrogen) atoms. The lowest BCUT2D eigenvalue weighted by atomic mass is 9.95. The highest BCUT2D eigenvalue weighted by molar-refractivity contribution is 6.11. The molecule has 1 N–H and O–H groups in total. The van der Waals surface area contributed by atoms with Gasteiger partial charge in [-0.25, -0.2) is 4.98 Å². The van der Waals surface area contributed by atoms with E-state index in [0.717, 1.165) is 58.9 Å². The number of unbranched alkanes of at least 4 members (excludes halogenated alkanes) is 1. The minimum atomic E-state index is 0.0294. The molecule has 0 aliphatic heterocycles. The summed E-state index contributed by atoms with van der Waals surface area (Å²) in [6.07, 6.45) is 6.74. The van der Waals surface area contributed by atoms with Crippen LogP contribution in [0.25, 0.3) is 21.7 Å². The highest BCUT2D eigenvalue weighted by atomic mass is 16.1. The Labute approximate surface area is 148 Å². The van der Waals surface area contributed by atoms with Crippen LogP contribution in [0.1, 0.15) is 50.4 Å². The number of aromatic nitrogens is 2. The third-order valence-electron chi connectivity index (χ3n) is 4.76. The first-order valence-electron chi connectivity index (χ1n) is 9.11. The molecule has 1 aromatic carbocycles. The molecule has 2 heterocycles. The number of fused-ring (bicyclic) bond motifs is 3. The second kappa shape index (κ2) is 7.60. The molecule has 0 aliphatic rings. The average molecular weight is 335 g/mol. The van der Waals surface area contributed by atoms with Crippen molar-refractivity contribution >= 4 is 33.3 Å². The van der Waals surface area contributed by atoms with Crippen LogP contribution in [0.3, 0.4) is 0 Å². The number of anilines is 1. The molecule has 1 atom stereocenters. The topological polar surface area (TPSA) is 54.9 Å². The van der Waals surface area contributed by atoms with Crippen molar-refractivity contribution in [3.8, 4) is 0 Å². The summed E-state index contributed by atoms with van der Waals surface area (Å²) in [6, 6.07) is 7.82. The summed E-state index contributed by atoms with van der Waals surface area (Å²) in [4.78, 5) is 21.6. The lowest BCUT2D eigenvalue weighted by Gasteiger charge is -2.13. The van der Waals surface area contributed by atoms with Gasteiger partial charge in [-0.3, -0.25) is 9.78 Å². The first-order valence-corrected chi connectivity index (χ1v) is 9.11.